The summed E-state index contributed by atoms with van der Waals surface area (Å²) in [7, 11) is -5.64. The first kappa shape index (κ1) is 39.3. The van der Waals surface area contributed by atoms with Crippen molar-refractivity contribution in [2.24, 2.45) is 11.1 Å². The van der Waals surface area contributed by atoms with Crippen molar-refractivity contribution in [3.05, 3.63) is 70.8 Å². The van der Waals surface area contributed by atoms with Gasteiger partial charge in [-0.15, -0.1) is 0 Å². The number of rotatable bonds is 13. The summed E-state index contributed by atoms with van der Waals surface area (Å²) in [5.41, 5.74) is 2.09. The molecule has 4 atom stereocenters. The van der Waals surface area contributed by atoms with Crippen molar-refractivity contribution in [1.29, 1.82) is 0 Å². The van der Waals surface area contributed by atoms with E-state index in [0.29, 0.717) is 29.7 Å². The number of alkyl halides is 2. The summed E-state index contributed by atoms with van der Waals surface area (Å²) in [5.74, 6) is -2.79. The van der Waals surface area contributed by atoms with Gasteiger partial charge >= 0.3 is 19.2 Å². The van der Waals surface area contributed by atoms with E-state index in [1.165, 1.54) is 43.9 Å². The molecule has 2 aliphatic heterocycles. The number of amides is 4. The van der Waals surface area contributed by atoms with E-state index in [9.17, 15) is 42.2 Å². The first-order valence-corrected chi connectivity index (χ1v) is 18.0. The van der Waals surface area contributed by atoms with Gasteiger partial charge in [0, 0.05) is 30.5 Å². The van der Waals surface area contributed by atoms with Gasteiger partial charge in [-0.1, -0.05) is 42.5 Å². The zero-order valence-electron chi connectivity index (χ0n) is 29.0. The van der Waals surface area contributed by atoms with Gasteiger partial charge in [0.05, 0.1) is 11.1 Å². The number of para-hydroxylation sites is 1. The first-order chi connectivity index (χ1) is 23.7. The van der Waals surface area contributed by atoms with Crippen LogP contribution in [0, 0.1) is 5.41 Å². The van der Waals surface area contributed by atoms with E-state index in [-0.39, 0.29) is 25.3 Å². The van der Waals surface area contributed by atoms with Crippen LogP contribution < -0.4 is 21.3 Å². The van der Waals surface area contributed by atoms with Crippen molar-refractivity contribution in [3.8, 4) is 0 Å². The Hall–Kier alpha value is -4.46. The van der Waals surface area contributed by atoms with Crippen LogP contribution >= 0.6 is 7.60 Å². The fraction of sp³-hybridized carbons (Fsp3) is 0.457. The number of benzene rings is 2. The van der Waals surface area contributed by atoms with Crippen LogP contribution in [0.25, 0.3) is 5.57 Å². The van der Waals surface area contributed by atoms with E-state index in [1.54, 1.807) is 13.8 Å². The summed E-state index contributed by atoms with van der Waals surface area (Å²) in [6.45, 7) is 6.68. The normalized spacial score (nSPS) is 19.3. The van der Waals surface area contributed by atoms with Crippen LogP contribution in [0.1, 0.15) is 76.1 Å². The minimum absolute atomic E-state index is 0.0917. The number of carbonyl (C=O) groups is 5. The Balaban J connectivity index is 1.44. The first-order valence-electron chi connectivity index (χ1n) is 16.4. The third-order valence-electron chi connectivity index (χ3n) is 8.66. The monoisotopic (exact) mass is 732 g/mol. The van der Waals surface area contributed by atoms with Gasteiger partial charge in [0.15, 0.2) is 0 Å². The van der Waals surface area contributed by atoms with Gasteiger partial charge in [0.25, 0.3) is 0 Å². The highest BCUT2D eigenvalue weighted by Gasteiger charge is 2.53. The molecule has 2 aliphatic rings. The second-order valence-electron chi connectivity index (χ2n) is 13.8. The minimum atomic E-state index is -5.64. The third-order valence-corrected chi connectivity index (χ3v) is 10.1. The predicted molar refractivity (Wildman–Crippen MR) is 183 cm³/mol. The molecule has 51 heavy (non-hydrogen) atoms. The lowest BCUT2D eigenvalue weighted by Crippen LogP contribution is -2.55. The largest absolute Gasteiger partial charge is 0.438 e. The molecule has 0 spiro atoms. The number of nitrogens with zero attached hydrogens (tertiary/aromatic N) is 1. The zero-order chi connectivity index (χ0) is 37.9. The summed E-state index contributed by atoms with van der Waals surface area (Å²) in [5, 5.41) is 5.59. The molecule has 5 N–H and O–H groups in total. The van der Waals surface area contributed by atoms with Crippen LogP contribution in [0.5, 0.6) is 0 Å². The van der Waals surface area contributed by atoms with Crippen molar-refractivity contribution < 1.29 is 51.5 Å². The van der Waals surface area contributed by atoms with Crippen molar-refractivity contribution in [2.75, 3.05) is 11.7 Å². The molecule has 0 fully saturated rings. The van der Waals surface area contributed by atoms with Gasteiger partial charge in [0.2, 0.25) is 30.4 Å². The average Bonchev–Trinajstić information content (AvgIpc) is 3.39. The maximum atomic E-state index is 15.0. The summed E-state index contributed by atoms with van der Waals surface area (Å²) in [6, 6.07) is 7.65. The van der Waals surface area contributed by atoms with Crippen molar-refractivity contribution in [1.82, 2.24) is 10.6 Å². The summed E-state index contributed by atoms with van der Waals surface area (Å²) in [4.78, 5) is 74.9. The lowest BCUT2D eigenvalue weighted by molar-refractivity contribution is -0.160. The summed E-state index contributed by atoms with van der Waals surface area (Å²) < 4.78 is 51.5. The van der Waals surface area contributed by atoms with Crippen molar-refractivity contribution in [3.63, 3.8) is 0 Å². The smallest absolute Gasteiger partial charge is 0.404 e. The molecule has 276 valence electrons. The van der Waals surface area contributed by atoms with Crippen LogP contribution in [-0.2, 0) is 56.3 Å². The molecular weight excluding hydrogens is 689 g/mol. The highest BCUT2D eigenvalue weighted by atomic mass is 31.2. The van der Waals surface area contributed by atoms with Crippen LogP contribution in [0.15, 0.2) is 48.5 Å². The number of nitrogens with one attached hydrogen (secondary N) is 2. The second kappa shape index (κ2) is 15.4. The number of esters is 1. The molecule has 4 amide bonds. The molecule has 0 saturated heterocycles. The molecule has 4 rings (SSSR count). The number of allylic oxidation sites excluding steroid dienone is 1. The number of anilines is 1. The molecule has 0 aliphatic carbocycles. The zero-order valence-corrected chi connectivity index (χ0v) is 29.9. The standard InChI is InChI=1S/C35H43F2N4O9P/c1-20(22-10-13-25(14-11-22)35(36,37)51(47,48)50-19-49-33(46)34(3,4)5)17-29(43)40-26-15-12-23-7-6-8-24-18-27(41(30(23)24)32(26)45)31(44)39-21(2)9-16-28(38)42/h6-8,10-11,13-14,17,21,26-27H,9,12,15-16,18-19H2,1-5H3,(H2,38,42)(H,39,44)(H,40,43)(H,47,48)/b20-17+/t21-,26+,27+/m1/s1. The van der Waals surface area contributed by atoms with Crippen molar-refractivity contribution >= 4 is 48.5 Å². The molecule has 0 radical (unpaired) electrons. The maximum Gasteiger partial charge on any atom is 0.404 e. The topological polar surface area (TPSA) is 194 Å². The molecular formula is C35H43F2N4O9P. The van der Waals surface area contributed by atoms with Gasteiger partial charge in [-0.25, -0.2) is 0 Å². The number of ether oxygens (including phenoxy) is 1. The highest BCUT2D eigenvalue weighted by molar-refractivity contribution is 7.53. The minimum Gasteiger partial charge on any atom is -0.438 e. The van der Waals surface area contributed by atoms with E-state index >= 15 is 0 Å². The van der Waals surface area contributed by atoms with E-state index in [1.807, 2.05) is 18.2 Å². The summed E-state index contributed by atoms with van der Waals surface area (Å²) >= 11 is 0. The second-order valence-corrected chi connectivity index (χ2v) is 15.6. The van der Waals surface area contributed by atoms with Crippen molar-refractivity contribution in [2.45, 2.75) is 90.5 Å². The fourth-order valence-electron chi connectivity index (χ4n) is 5.78. The predicted octanol–water partition coefficient (Wildman–Crippen LogP) is 4.05. The lowest BCUT2D eigenvalue weighted by Gasteiger charge is -2.28. The van der Waals surface area contributed by atoms with Crippen LogP contribution in [0.3, 0.4) is 0 Å². The Morgan fingerprint density at radius 1 is 1.12 bits per heavy atom. The number of nitrogens with two attached hydrogens (primary N) is 1. The number of aryl methyl sites for hydroxylation is 1. The Morgan fingerprint density at radius 3 is 2.39 bits per heavy atom. The van der Waals surface area contributed by atoms with Gasteiger partial charge in [-0.05, 0) is 76.1 Å². The average molecular weight is 733 g/mol. The molecule has 2 heterocycles. The Bertz CT molecular complexity index is 1770. The SMILES string of the molecule is C/C(=C\C(=O)N[C@H]1CCc2cccc3c2N(C1=O)[C@H](C(=O)N[C@H](C)CCC(N)=O)C3)c1ccc(C(F)(F)P(=O)(O)OCOC(=O)C(C)(C)C)cc1. The third kappa shape index (κ3) is 9.07. The number of halogens is 2. The Morgan fingerprint density at radius 2 is 1.76 bits per heavy atom. The van der Waals surface area contributed by atoms with Gasteiger partial charge in [-0.3, -0.25) is 38.0 Å². The molecule has 0 bridgehead atoms. The molecule has 1 unspecified atom stereocenters. The van der Waals surface area contributed by atoms with Gasteiger partial charge in [-0.2, -0.15) is 8.78 Å². The molecule has 0 saturated carbocycles. The lowest BCUT2D eigenvalue weighted by atomic mass is 9.98. The molecule has 2 aromatic rings. The van der Waals surface area contributed by atoms with Crippen LogP contribution in [0.4, 0.5) is 14.5 Å². The van der Waals surface area contributed by atoms with Crippen LogP contribution in [-0.4, -0.2) is 59.4 Å². The Labute approximate surface area is 294 Å². The number of primary amides is 1. The number of hydrogen-bond donors (Lipinski definition) is 4. The number of hydrogen-bond acceptors (Lipinski definition) is 8. The van der Waals surface area contributed by atoms with Gasteiger partial charge in [0.1, 0.15) is 12.1 Å². The maximum absolute atomic E-state index is 15.0. The van der Waals surface area contributed by atoms with E-state index in [4.69, 9.17) is 5.73 Å². The fourth-order valence-corrected chi connectivity index (χ4v) is 6.62. The molecule has 0 aromatic heterocycles. The van der Waals surface area contributed by atoms with E-state index in [0.717, 1.165) is 23.3 Å². The highest BCUT2D eigenvalue weighted by Crippen LogP contribution is 2.63. The molecule has 2 aromatic carbocycles. The van der Waals surface area contributed by atoms with Gasteiger partial charge < -0.3 is 26.0 Å². The molecule has 16 heteroatoms. The van der Waals surface area contributed by atoms with E-state index in [2.05, 4.69) is 19.9 Å². The van der Waals surface area contributed by atoms with Crippen LogP contribution in [0.2, 0.25) is 0 Å². The van der Waals surface area contributed by atoms with E-state index < -0.39 is 72.7 Å². The summed E-state index contributed by atoms with van der Waals surface area (Å²) in [6.07, 6.45) is 2.62. The quantitative estimate of drug-likeness (QED) is 0.102. The Kier molecular flexibility index (Phi) is 11.9. The molecule has 13 nitrogen and oxygen atoms in total. The number of carbonyl (C=O) groups excluding carboxylic acids is 5.